The minimum absolute atomic E-state index is 0.0220. The molecule has 2 N–H and O–H groups in total. The minimum atomic E-state index is -0.0220. The van der Waals surface area contributed by atoms with E-state index in [-0.39, 0.29) is 11.6 Å². The maximum absolute atomic E-state index is 12.4. The van der Waals surface area contributed by atoms with Crippen LogP contribution >= 0.6 is 0 Å². The van der Waals surface area contributed by atoms with Gasteiger partial charge >= 0.3 is 6.03 Å². The molecule has 0 aromatic heterocycles. The Kier molecular flexibility index (Phi) is 2.98. The van der Waals surface area contributed by atoms with Crippen molar-refractivity contribution in [2.45, 2.75) is 51.0 Å². The van der Waals surface area contributed by atoms with Gasteiger partial charge in [0.15, 0.2) is 0 Å². The van der Waals surface area contributed by atoms with E-state index in [0.717, 1.165) is 29.0 Å². The predicted molar refractivity (Wildman–Crippen MR) is 84.2 cm³/mol. The van der Waals surface area contributed by atoms with E-state index in [2.05, 4.69) is 10.6 Å². The van der Waals surface area contributed by atoms with Crippen LogP contribution in [-0.4, -0.2) is 11.6 Å². The Bertz CT molecular complexity index is 531. The Morgan fingerprint density at radius 1 is 1.05 bits per heavy atom. The van der Waals surface area contributed by atoms with Crippen LogP contribution in [0.2, 0.25) is 0 Å². The van der Waals surface area contributed by atoms with Crippen LogP contribution in [0.15, 0.2) is 24.3 Å². The number of hydrogen-bond acceptors (Lipinski definition) is 1. The number of urea groups is 1. The predicted octanol–water partition coefficient (Wildman–Crippen LogP) is 4.09. The summed E-state index contributed by atoms with van der Waals surface area (Å²) in [7, 11) is 0. The van der Waals surface area contributed by atoms with Gasteiger partial charge in [0.25, 0.3) is 0 Å². The lowest BCUT2D eigenvalue weighted by Crippen LogP contribution is -2.60. The Labute approximate surface area is 126 Å². The van der Waals surface area contributed by atoms with Crippen LogP contribution in [0, 0.1) is 24.7 Å². The van der Waals surface area contributed by atoms with Gasteiger partial charge in [-0.1, -0.05) is 18.2 Å². The zero-order chi connectivity index (χ0) is 14.4. The molecule has 3 heteroatoms. The number of rotatable bonds is 2. The first-order valence-corrected chi connectivity index (χ1v) is 8.27. The number of hydrogen-bond donors (Lipinski definition) is 2. The van der Waals surface area contributed by atoms with Crippen molar-refractivity contribution in [3.05, 3.63) is 29.8 Å². The summed E-state index contributed by atoms with van der Waals surface area (Å²) in [5.74, 6) is 2.57. The molecule has 0 atom stereocenters. The average Bonchev–Trinajstić information content (AvgIpc) is 2.39. The molecule has 4 saturated carbocycles. The van der Waals surface area contributed by atoms with Crippen molar-refractivity contribution in [1.29, 1.82) is 0 Å². The molecule has 21 heavy (non-hydrogen) atoms. The van der Waals surface area contributed by atoms with Gasteiger partial charge < -0.3 is 10.6 Å². The highest BCUT2D eigenvalue weighted by atomic mass is 16.2. The smallest absolute Gasteiger partial charge is 0.319 e. The van der Waals surface area contributed by atoms with Gasteiger partial charge in [0.05, 0.1) is 0 Å². The molecule has 112 valence electrons. The molecule has 3 nitrogen and oxygen atoms in total. The average molecular weight is 284 g/mol. The quantitative estimate of drug-likeness (QED) is 0.844. The van der Waals surface area contributed by atoms with Gasteiger partial charge in [0, 0.05) is 11.2 Å². The number of aryl methyl sites for hydroxylation is 1. The molecule has 1 aromatic rings. The van der Waals surface area contributed by atoms with Crippen molar-refractivity contribution < 1.29 is 4.79 Å². The van der Waals surface area contributed by atoms with E-state index in [1.807, 2.05) is 31.2 Å². The van der Waals surface area contributed by atoms with E-state index in [1.54, 1.807) is 0 Å². The maximum Gasteiger partial charge on any atom is 0.319 e. The molecule has 0 saturated heterocycles. The molecule has 1 aromatic carbocycles. The van der Waals surface area contributed by atoms with Crippen LogP contribution in [0.3, 0.4) is 0 Å². The molecule has 0 aliphatic heterocycles. The molecule has 4 fully saturated rings. The largest absolute Gasteiger partial charge is 0.332 e. The number of benzene rings is 1. The second kappa shape index (κ2) is 4.75. The third-order valence-corrected chi connectivity index (χ3v) is 5.81. The molecule has 0 unspecified atom stereocenters. The van der Waals surface area contributed by atoms with Crippen LogP contribution in [0.4, 0.5) is 10.5 Å². The minimum Gasteiger partial charge on any atom is -0.332 e. The fraction of sp³-hybridized carbons (Fsp3) is 0.611. The Hall–Kier alpha value is -1.51. The number of nitrogens with one attached hydrogen (secondary N) is 2. The van der Waals surface area contributed by atoms with E-state index in [4.69, 9.17) is 0 Å². The lowest BCUT2D eigenvalue weighted by Gasteiger charge is -2.56. The zero-order valence-corrected chi connectivity index (χ0v) is 12.7. The maximum atomic E-state index is 12.4. The monoisotopic (exact) mass is 284 g/mol. The topological polar surface area (TPSA) is 41.1 Å². The molecular weight excluding hydrogens is 260 g/mol. The van der Waals surface area contributed by atoms with Gasteiger partial charge in [-0.2, -0.15) is 0 Å². The number of amides is 2. The summed E-state index contributed by atoms with van der Waals surface area (Å²) >= 11 is 0. The van der Waals surface area contributed by atoms with Crippen molar-refractivity contribution in [3.63, 3.8) is 0 Å². The summed E-state index contributed by atoms with van der Waals surface area (Å²) < 4.78 is 0. The van der Waals surface area contributed by atoms with Crippen LogP contribution in [-0.2, 0) is 0 Å². The molecule has 4 aliphatic rings. The first-order valence-electron chi connectivity index (χ1n) is 8.27. The van der Waals surface area contributed by atoms with Crippen LogP contribution < -0.4 is 10.6 Å². The number of anilines is 1. The van der Waals surface area contributed by atoms with E-state index < -0.39 is 0 Å². The van der Waals surface area contributed by atoms with Crippen LogP contribution in [0.25, 0.3) is 0 Å². The molecule has 4 bridgehead atoms. The second-order valence-electron chi connectivity index (χ2n) is 7.59. The van der Waals surface area contributed by atoms with Crippen LogP contribution in [0.5, 0.6) is 0 Å². The summed E-state index contributed by atoms with van der Waals surface area (Å²) in [4.78, 5) is 12.4. The van der Waals surface area contributed by atoms with Gasteiger partial charge in [0.2, 0.25) is 0 Å². The first-order chi connectivity index (χ1) is 10.1. The summed E-state index contributed by atoms with van der Waals surface area (Å²) in [6, 6.07) is 7.94. The zero-order valence-electron chi connectivity index (χ0n) is 12.7. The van der Waals surface area contributed by atoms with Crippen molar-refractivity contribution in [3.8, 4) is 0 Å². The number of carbonyl (C=O) groups excluding carboxylic acids is 1. The highest BCUT2D eigenvalue weighted by Crippen LogP contribution is 2.55. The third kappa shape index (κ3) is 2.43. The van der Waals surface area contributed by atoms with Gasteiger partial charge in [0.1, 0.15) is 0 Å². The fourth-order valence-corrected chi connectivity index (χ4v) is 5.37. The van der Waals surface area contributed by atoms with Crippen LogP contribution in [0.1, 0.15) is 44.1 Å². The Morgan fingerprint density at radius 2 is 1.62 bits per heavy atom. The molecule has 5 rings (SSSR count). The molecule has 4 aliphatic carbocycles. The summed E-state index contributed by atoms with van der Waals surface area (Å²) in [5, 5.41) is 6.39. The lowest BCUT2D eigenvalue weighted by molar-refractivity contribution is -0.0127. The van der Waals surface area contributed by atoms with Gasteiger partial charge in [-0.05, 0) is 74.8 Å². The fourth-order valence-electron chi connectivity index (χ4n) is 5.37. The summed E-state index contributed by atoms with van der Waals surface area (Å²) in [6.45, 7) is 2.03. The first kappa shape index (κ1) is 13.2. The molecule has 2 amide bonds. The highest BCUT2D eigenvalue weighted by Gasteiger charge is 2.51. The van der Waals surface area contributed by atoms with E-state index in [9.17, 15) is 4.79 Å². The van der Waals surface area contributed by atoms with Crippen molar-refractivity contribution in [1.82, 2.24) is 5.32 Å². The van der Waals surface area contributed by atoms with E-state index in [0.29, 0.717) is 0 Å². The van der Waals surface area contributed by atoms with Gasteiger partial charge in [-0.3, -0.25) is 0 Å². The van der Waals surface area contributed by atoms with Crippen molar-refractivity contribution in [2.24, 2.45) is 17.8 Å². The Morgan fingerprint density at radius 3 is 2.19 bits per heavy atom. The van der Waals surface area contributed by atoms with E-state index >= 15 is 0 Å². The number of carbonyl (C=O) groups is 1. The molecular formula is C18H24N2O. The van der Waals surface area contributed by atoms with Gasteiger partial charge in [-0.25, -0.2) is 4.79 Å². The van der Waals surface area contributed by atoms with E-state index in [1.165, 1.54) is 38.5 Å². The lowest BCUT2D eigenvalue weighted by atomic mass is 9.53. The third-order valence-electron chi connectivity index (χ3n) is 5.81. The van der Waals surface area contributed by atoms with Crippen molar-refractivity contribution in [2.75, 3.05) is 5.32 Å². The van der Waals surface area contributed by atoms with Gasteiger partial charge in [-0.15, -0.1) is 0 Å². The highest BCUT2D eigenvalue weighted by molar-refractivity contribution is 5.90. The SMILES string of the molecule is Cc1ccccc1NC(=O)NC12CC3CC(CC(C3)C1)C2. The van der Waals surface area contributed by atoms with Crippen molar-refractivity contribution >= 4 is 11.7 Å². The summed E-state index contributed by atoms with van der Waals surface area (Å²) in [5.41, 5.74) is 2.11. The standard InChI is InChI=1S/C18H24N2O/c1-12-4-2-3-5-16(12)19-17(21)20-18-9-13-6-14(10-18)8-15(7-13)11-18/h2-5,13-15H,6-11H2,1H3,(H2,19,20,21). The summed E-state index contributed by atoms with van der Waals surface area (Å²) in [6.07, 6.45) is 7.79. The Balaban J connectivity index is 1.46. The number of para-hydroxylation sites is 1. The molecule has 0 radical (unpaired) electrons. The second-order valence-corrected chi connectivity index (χ2v) is 7.59. The molecule has 0 heterocycles. The normalized spacial score (nSPS) is 36.5. The molecule has 0 spiro atoms.